The lowest BCUT2D eigenvalue weighted by molar-refractivity contribution is -0.385. The molecule has 3 rings (SSSR count). The van der Waals surface area contributed by atoms with Crippen molar-refractivity contribution < 1.29 is 27.7 Å². The van der Waals surface area contributed by atoms with E-state index in [0.717, 1.165) is 15.9 Å². The number of anilines is 1. The van der Waals surface area contributed by atoms with Crippen LogP contribution in [-0.4, -0.2) is 62.3 Å². The van der Waals surface area contributed by atoms with Gasteiger partial charge in [0.15, 0.2) is 0 Å². The number of nitrogens with one attached hydrogen (secondary N) is 1. The van der Waals surface area contributed by atoms with E-state index in [1.165, 1.54) is 43.2 Å². The average Bonchev–Trinajstić information content (AvgIpc) is 3.02. The monoisotopic (exact) mass is 624 g/mol. The van der Waals surface area contributed by atoms with E-state index >= 15 is 0 Å². The number of carbonyl (C=O) groups is 2. The molecule has 12 heteroatoms. The third-order valence-electron chi connectivity index (χ3n) is 7.48. The van der Waals surface area contributed by atoms with Crippen LogP contribution in [0.25, 0.3) is 0 Å². The van der Waals surface area contributed by atoms with Crippen molar-refractivity contribution in [1.29, 1.82) is 0 Å². The highest BCUT2D eigenvalue weighted by Gasteiger charge is 2.34. The van der Waals surface area contributed by atoms with E-state index in [4.69, 9.17) is 4.74 Å². The molecular formula is C32H40N4O7S. The fourth-order valence-corrected chi connectivity index (χ4v) is 6.12. The molecule has 2 atom stereocenters. The summed E-state index contributed by atoms with van der Waals surface area (Å²) in [6, 6.07) is 18.3. The van der Waals surface area contributed by atoms with Gasteiger partial charge in [-0.1, -0.05) is 50.2 Å². The molecule has 0 radical (unpaired) electrons. The fraction of sp³-hybridized carbons (Fsp3) is 0.375. The molecule has 0 saturated heterocycles. The maximum Gasteiger partial charge on any atom is 0.273 e. The van der Waals surface area contributed by atoms with Gasteiger partial charge in [-0.25, -0.2) is 8.42 Å². The molecule has 0 bridgehead atoms. The molecule has 3 aromatic carbocycles. The second-order valence-corrected chi connectivity index (χ2v) is 12.3. The van der Waals surface area contributed by atoms with Gasteiger partial charge in [0, 0.05) is 24.2 Å². The zero-order valence-corrected chi connectivity index (χ0v) is 26.5. The highest BCUT2D eigenvalue weighted by atomic mass is 32.2. The molecule has 11 nitrogen and oxygen atoms in total. The summed E-state index contributed by atoms with van der Waals surface area (Å²) in [5, 5.41) is 14.6. The van der Waals surface area contributed by atoms with E-state index in [1.807, 2.05) is 44.2 Å². The van der Waals surface area contributed by atoms with Crippen LogP contribution in [0.2, 0.25) is 0 Å². The predicted molar refractivity (Wildman–Crippen MR) is 169 cm³/mol. The smallest absolute Gasteiger partial charge is 0.273 e. The number of methoxy groups -OCH3 is 1. The first kappa shape index (κ1) is 34.0. The number of aryl methyl sites for hydroxylation is 1. The molecule has 44 heavy (non-hydrogen) atoms. The largest absolute Gasteiger partial charge is 0.497 e. The quantitative estimate of drug-likeness (QED) is 0.188. The second-order valence-electron chi connectivity index (χ2n) is 10.5. The Bertz CT molecular complexity index is 1550. The van der Waals surface area contributed by atoms with Gasteiger partial charge in [-0.05, 0) is 69.0 Å². The summed E-state index contributed by atoms with van der Waals surface area (Å²) >= 11 is 0. The minimum Gasteiger partial charge on any atom is -0.497 e. The fourth-order valence-electron chi connectivity index (χ4n) is 4.69. The van der Waals surface area contributed by atoms with Gasteiger partial charge in [0.2, 0.25) is 11.8 Å². The summed E-state index contributed by atoms with van der Waals surface area (Å²) in [4.78, 5) is 39.6. The highest BCUT2D eigenvalue weighted by molar-refractivity contribution is 7.92. The zero-order valence-electron chi connectivity index (χ0n) is 25.7. The van der Waals surface area contributed by atoms with Gasteiger partial charge < -0.3 is 15.0 Å². The molecule has 2 amide bonds. The van der Waals surface area contributed by atoms with Crippen LogP contribution in [0.15, 0.2) is 77.7 Å². The SMILES string of the molecule is CC[C@@H](C)NC(=O)[C@H](CC)N(CCc1ccccc1)C(=O)CN(c1ccc(OC)cc1)S(=O)(=O)c1ccc(C)c([N+](=O)[O-])c1. The minimum atomic E-state index is -4.48. The van der Waals surface area contributed by atoms with Crippen LogP contribution in [0.3, 0.4) is 0 Å². The van der Waals surface area contributed by atoms with Crippen LogP contribution >= 0.6 is 0 Å². The number of hydrogen-bond donors (Lipinski definition) is 1. The Morgan fingerprint density at radius 1 is 1.00 bits per heavy atom. The molecule has 3 aromatic rings. The number of carbonyl (C=O) groups excluding carboxylic acids is 2. The molecule has 0 aliphatic carbocycles. The number of hydrogen-bond acceptors (Lipinski definition) is 7. The van der Waals surface area contributed by atoms with Crippen molar-refractivity contribution in [2.45, 2.75) is 63.9 Å². The summed E-state index contributed by atoms with van der Waals surface area (Å²) < 4.78 is 34.3. The van der Waals surface area contributed by atoms with Gasteiger partial charge in [0.1, 0.15) is 18.3 Å². The summed E-state index contributed by atoms with van der Waals surface area (Å²) in [5.41, 5.74) is 1.05. The topological polar surface area (TPSA) is 139 Å². The third-order valence-corrected chi connectivity index (χ3v) is 9.25. The zero-order chi connectivity index (χ0) is 32.4. The van der Waals surface area contributed by atoms with Crippen LogP contribution in [-0.2, 0) is 26.0 Å². The predicted octanol–water partition coefficient (Wildman–Crippen LogP) is 4.87. The average molecular weight is 625 g/mol. The third kappa shape index (κ3) is 8.34. The Labute approximate surface area is 259 Å². The van der Waals surface area contributed by atoms with Crippen molar-refractivity contribution >= 4 is 33.2 Å². The van der Waals surface area contributed by atoms with Crippen LogP contribution < -0.4 is 14.4 Å². The van der Waals surface area contributed by atoms with Crippen LogP contribution in [0.4, 0.5) is 11.4 Å². The van der Waals surface area contributed by atoms with E-state index in [0.29, 0.717) is 30.6 Å². The molecule has 0 aliphatic rings. The summed E-state index contributed by atoms with van der Waals surface area (Å²) in [7, 11) is -3.01. The second kappa shape index (κ2) is 15.3. The molecular weight excluding hydrogens is 584 g/mol. The van der Waals surface area contributed by atoms with Crippen molar-refractivity contribution in [2.75, 3.05) is 24.5 Å². The lowest BCUT2D eigenvalue weighted by atomic mass is 10.1. The standard InChI is InChI=1S/C32H40N4O7S/c1-6-24(4)33-32(38)29(7-2)34(20-19-25-11-9-8-10-12-25)31(37)22-35(26-14-16-27(43-5)17-15-26)44(41,42)28-18-13-23(3)30(21-28)36(39)40/h8-18,21,24,29H,6-7,19-20,22H2,1-5H3,(H,33,38)/t24-,29+/m1/s1. The normalized spacial score (nSPS) is 12.6. The van der Waals surface area contributed by atoms with E-state index < -0.39 is 33.4 Å². The van der Waals surface area contributed by atoms with Crippen molar-refractivity contribution in [1.82, 2.24) is 10.2 Å². The maximum atomic E-state index is 14.1. The molecule has 1 N–H and O–H groups in total. The molecule has 0 aromatic heterocycles. The molecule has 0 unspecified atom stereocenters. The molecule has 236 valence electrons. The number of rotatable bonds is 15. The van der Waals surface area contributed by atoms with Gasteiger partial charge in [0.05, 0.1) is 22.6 Å². The molecule has 0 spiro atoms. The van der Waals surface area contributed by atoms with E-state index in [2.05, 4.69) is 5.32 Å². The van der Waals surface area contributed by atoms with Crippen LogP contribution in [0, 0.1) is 17.0 Å². The first-order valence-corrected chi connectivity index (χ1v) is 15.9. The van der Waals surface area contributed by atoms with E-state index in [1.54, 1.807) is 19.1 Å². The van der Waals surface area contributed by atoms with Gasteiger partial charge in [-0.2, -0.15) is 0 Å². The van der Waals surface area contributed by atoms with Crippen molar-refractivity contribution in [3.8, 4) is 5.75 Å². The highest BCUT2D eigenvalue weighted by Crippen LogP contribution is 2.29. The molecule has 0 heterocycles. The summed E-state index contributed by atoms with van der Waals surface area (Å²) in [6.45, 7) is 6.66. The number of nitrogens with zero attached hydrogens (tertiary/aromatic N) is 3. The Morgan fingerprint density at radius 3 is 2.23 bits per heavy atom. The number of nitro benzene ring substituents is 1. The van der Waals surface area contributed by atoms with Crippen molar-refractivity contribution in [3.63, 3.8) is 0 Å². The van der Waals surface area contributed by atoms with Crippen LogP contribution in [0.5, 0.6) is 5.75 Å². The van der Waals surface area contributed by atoms with Crippen LogP contribution in [0.1, 0.15) is 44.7 Å². The van der Waals surface area contributed by atoms with Crippen molar-refractivity contribution in [3.05, 3.63) is 94.0 Å². The first-order chi connectivity index (χ1) is 20.9. The Morgan fingerprint density at radius 2 is 1.66 bits per heavy atom. The number of sulfonamides is 1. The Balaban J connectivity index is 2.07. The number of benzene rings is 3. The van der Waals surface area contributed by atoms with Gasteiger partial charge >= 0.3 is 0 Å². The molecule has 0 saturated carbocycles. The lowest BCUT2D eigenvalue weighted by Gasteiger charge is -2.33. The first-order valence-electron chi connectivity index (χ1n) is 14.5. The summed E-state index contributed by atoms with van der Waals surface area (Å²) in [6.07, 6.45) is 1.45. The van der Waals surface area contributed by atoms with Gasteiger partial charge in [-0.3, -0.25) is 24.0 Å². The minimum absolute atomic E-state index is 0.115. The van der Waals surface area contributed by atoms with Crippen molar-refractivity contribution in [2.24, 2.45) is 0 Å². The number of nitro groups is 1. The number of amides is 2. The maximum absolute atomic E-state index is 14.1. The number of ether oxygens (including phenoxy) is 1. The lowest BCUT2D eigenvalue weighted by Crippen LogP contribution is -2.54. The Kier molecular flexibility index (Phi) is 11.9. The van der Waals surface area contributed by atoms with Gasteiger partial charge in [-0.15, -0.1) is 0 Å². The molecule has 0 aliphatic heterocycles. The Hall–Kier alpha value is -4.45. The van der Waals surface area contributed by atoms with E-state index in [-0.39, 0.29) is 34.8 Å². The van der Waals surface area contributed by atoms with E-state index in [9.17, 15) is 28.1 Å². The summed E-state index contributed by atoms with van der Waals surface area (Å²) in [5.74, 6) is -0.440. The molecule has 0 fully saturated rings. The van der Waals surface area contributed by atoms with Gasteiger partial charge in [0.25, 0.3) is 15.7 Å².